The third kappa shape index (κ3) is 5.43. The first-order valence-electron chi connectivity index (χ1n) is 8.84. The zero-order valence-corrected chi connectivity index (χ0v) is 15.7. The summed E-state index contributed by atoms with van der Waals surface area (Å²) in [5.41, 5.74) is 5.18. The van der Waals surface area contributed by atoms with Crippen LogP contribution in [-0.4, -0.2) is 16.9 Å². The average molecular weight is 433 g/mol. The van der Waals surface area contributed by atoms with Gasteiger partial charge in [-0.15, -0.1) is 0 Å². The molecule has 1 unspecified atom stereocenters. The lowest BCUT2D eigenvalue weighted by molar-refractivity contribution is 0.0297. The van der Waals surface area contributed by atoms with E-state index in [1.807, 2.05) is 0 Å². The number of halogens is 4. The summed E-state index contributed by atoms with van der Waals surface area (Å²) in [4.78, 5) is 28.3. The topological polar surface area (TPSA) is 94.3 Å². The molecule has 1 atom stereocenters. The van der Waals surface area contributed by atoms with Crippen molar-refractivity contribution in [1.82, 2.24) is 10.3 Å². The monoisotopic (exact) mass is 433 g/mol. The fraction of sp³-hybridized carbons (Fsp3) is 0.0952. The maximum atomic E-state index is 13.8. The number of nitrogens with zero attached hydrogens (tertiary/aromatic N) is 1. The van der Waals surface area contributed by atoms with Crippen molar-refractivity contribution in [3.05, 3.63) is 100 Å². The van der Waals surface area contributed by atoms with Crippen LogP contribution in [0.15, 0.2) is 54.7 Å². The van der Waals surface area contributed by atoms with Gasteiger partial charge in [-0.05, 0) is 30.3 Å². The molecule has 6 nitrogen and oxygen atoms in total. The Morgan fingerprint density at radius 3 is 2.32 bits per heavy atom. The van der Waals surface area contributed by atoms with Gasteiger partial charge in [0, 0.05) is 41.6 Å². The van der Waals surface area contributed by atoms with Crippen LogP contribution >= 0.6 is 0 Å². The lowest BCUT2D eigenvalue weighted by Crippen LogP contribution is -2.24. The Kier molecular flexibility index (Phi) is 6.61. The predicted molar refractivity (Wildman–Crippen MR) is 100 cm³/mol. The predicted octanol–water partition coefficient (Wildman–Crippen LogP) is 3.38. The zero-order chi connectivity index (χ0) is 22.5. The number of pyridine rings is 1. The zero-order valence-electron chi connectivity index (χ0n) is 15.7. The Morgan fingerprint density at radius 2 is 1.65 bits per heavy atom. The number of nitrogens with one attached hydrogen (secondary N) is 1. The summed E-state index contributed by atoms with van der Waals surface area (Å²) < 4.78 is 58.3. The molecule has 0 spiro atoms. The lowest BCUT2D eigenvalue weighted by atomic mass is 10.1. The molecule has 1 heterocycles. The van der Waals surface area contributed by atoms with E-state index in [-0.39, 0.29) is 28.9 Å². The van der Waals surface area contributed by atoms with Crippen molar-refractivity contribution in [2.24, 2.45) is 5.73 Å². The van der Waals surface area contributed by atoms with Gasteiger partial charge in [0.05, 0.1) is 0 Å². The fourth-order valence-corrected chi connectivity index (χ4v) is 2.60. The first-order chi connectivity index (χ1) is 14.7. The lowest BCUT2D eigenvalue weighted by Gasteiger charge is -2.14. The van der Waals surface area contributed by atoms with Gasteiger partial charge in [-0.1, -0.05) is 6.07 Å². The largest absolute Gasteiger partial charge is 0.438 e. The summed E-state index contributed by atoms with van der Waals surface area (Å²) in [6.45, 7) is -0.220. The molecule has 160 valence electrons. The van der Waals surface area contributed by atoms with E-state index < -0.39 is 41.4 Å². The number of nitrogens with two attached hydrogens (primary N) is 1. The van der Waals surface area contributed by atoms with E-state index in [1.54, 1.807) is 0 Å². The average Bonchev–Trinajstić information content (AvgIpc) is 2.72. The Hall–Kier alpha value is -3.79. The van der Waals surface area contributed by atoms with Crippen LogP contribution in [0.2, 0.25) is 0 Å². The van der Waals surface area contributed by atoms with Gasteiger partial charge in [0.25, 0.3) is 5.91 Å². The van der Waals surface area contributed by atoms with Gasteiger partial charge in [0.2, 0.25) is 0 Å². The summed E-state index contributed by atoms with van der Waals surface area (Å²) in [6, 6.07) is 7.92. The molecule has 0 bridgehead atoms. The van der Waals surface area contributed by atoms with Gasteiger partial charge < -0.3 is 10.1 Å². The van der Waals surface area contributed by atoms with E-state index in [0.717, 1.165) is 30.5 Å². The standard InChI is InChI=1S/C21H15F4N3O3/c22-13-2-1-12(16(24)8-13)10-28-20(29)11-5-6-27-18(7-11)21(30)31-19(26)15-4-3-14(23)9-17(15)25/h1-9,19H,10,26H2,(H,28,29). The minimum atomic E-state index is -1.53. The van der Waals surface area contributed by atoms with Crippen LogP contribution in [0.25, 0.3) is 0 Å². The fourth-order valence-electron chi connectivity index (χ4n) is 2.60. The summed E-state index contributed by atoms with van der Waals surface area (Å²) in [7, 11) is 0. The number of rotatable bonds is 6. The van der Waals surface area contributed by atoms with Gasteiger partial charge >= 0.3 is 5.97 Å². The second-order valence-electron chi connectivity index (χ2n) is 6.34. The van der Waals surface area contributed by atoms with Crippen molar-refractivity contribution in [2.75, 3.05) is 0 Å². The van der Waals surface area contributed by atoms with E-state index in [1.165, 1.54) is 12.1 Å². The van der Waals surface area contributed by atoms with Crippen LogP contribution < -0.4 is 11.1 Å². The van der Waals surface area contributed by atoms with Crippen molar-refractivity contribution >= 4 is 11.9 Å². The molecule has 3 rings (SSSR count). The van der Waals surface area contributed by atoms with Crippen LogP contribution in [-0.2, 0) is 11.3 Å². The third-order valence-electron chi connectivity index (χ3n) is 4.19. The van der Waals surface area contributed by atoms with Crippen molar-refractivity contribution in [3.8, 4) is 0 Å². The molecule has 0 aliphatic heterocycles. The summed E-state index contributed by atoms with van der Waals surface area (Å²) >= 11 is 0. The highest BCUT2D eigenvalue weighted by Crippen LogP contribution is 2.19. The summed E-state index contributed by atoms with van der Waals surface area (Å²) in [5.74, 6) is -5.08. The number of aromatic nitrogens is 1. The number of carbonyl (C=O) groups is 2. The number of amides is 1. The number of ether oxygens (including phenoxy) is 1. The van der Waals surface area contributed by atoms with Gasteiger partial charge in [0.15, 0.2) is 6.23 Å². The molecule has 10 heteroatoms. The molecule has 3 N–H and O–H groups in total. The normalized spacial score (nSPS) is 11.6. The van der Waals surface area contributed by atoms with E-state index in [0.29, 0.717) is 12.1 Å². The molecule has 31 heavy (non-hydrogen) atoms. The van der Waals surface area contributed by atoms with Gasteiger partial charge in [0.1, 0.15) is 29.0 Å². The van der Waals surface area contributed by atoms with Gasteiger partial charge in [-0.25, -0.2) is 27.3 Å². The molecular formula is C21H15F4N3O3. The van der Waals surface area contributed by atoms with E-state index >= 15 is 0 Å². The van der Waals surface area contributed by atoms with Crippen LogP contribution in [0.5, 0.6) is 0 Å². The molecule has 0 saturated carbocycles. The third-order valence-corrected chi connectivity index (χ3v) is 4.19. The van der Waals surface area contributed by atoms with Crippen molar-refractivity contribution < 1.29 is 31.9 Å². The first kappa shape index (κ1) is 21.9. The van der Waals surface area contributed by atoms with E-state index in [9.17, 15) is 27.2 Å². The minimum Gasteiger partial charge on any atom is -0.438 e. The van der Waals surface area contributed by atoms with Gasteiger partial charge in [-0.2, -0.15) is 0 Å². The minimum absolute atomic E-state index is 0.00556. The highest BCUT2D eigenvalue weighted by molar-refractivity contribution is 5.97. The number of carbonyl (C=O) groups excluding carboxylic acids is 2. The van der Waals surface area contributed by atoms with Crippen molar-refractivity contribution in [3.63, 3.8) is 0 Å². The Bertz CT molecular complexity index is 1140. The van der Waals surface area contributed by atoms with Gasteiger partial charge in [-0.3, -0.25) is 10.5 Å². The second-order valence-corrected chi connectivity index (χ2v) is 6.34. The van der Waals surface area contributed by atoms with Crippen LogP contribution in [0, 0.1) is 23.3 Å². The highest BCUT2D eigenvalue weighted by Gasteiger charge is 2.20. The molecular weight excluding hydrogens is 418 g/mol. The quantitative estimate of drug-likeness (QED) is 0.353. The van der Waals surface area contributed by atoms with Crippen molar-refractivity contribution in [2.45, 2.75) is 12.8 Å². The van der Waals surface area contributed by atoms with E-state index in [4.69, 9.17) is 10.5 Å². The van der Waals surface area contributed by atoms with Crippen LogP contribution in [0.3, 0.4) is 0 Å². The first-order valence-corrected chi connectivity index (χ1v) is 8.84. The smallest absolute Gasteiger partial charge is 0.358 e. The maximum Gasteiger partial charge on any atom is 0.358 e. The van der Waals surface area contributed by atoms with Crippen LogP contribution in [0.4, 0.5) is 17.6 Å². The highest BCUT2D eigenvalue weighted by atomic mass is 19.1. The summed E-state index contributed by atoms with van der Waals surface area (Å²) in [6.07, 6.45) is -0.373. The van der Waals surface area contributed by atoms with Crippen LogP contribution in [0.1, 0.15) is 38.2 Å². The molecule has 1 aromatic heterocycles. The Morgan fingerprint density at radius 1 is 0.968 bits per heavy atom. The number of hydrogen-bond acceptors (Lipinski definition) is 5. The molecule has 1 amide bonds. The molecule has 0 aliphatic rings. The van der Waals surface area contributed by atoms with E-state index in [2.05, 4.69) is 10.3 Å². The molecule has 0 fully saturated rings. The number of benzene rings is 2. The second kappa shape index (κ2) is 9.35. The Labute approximate surface area is 173 Å². The Balaban J connectivity index is 1.67. The molecule has 0 aliphatic carbocycles. The SMILES string of the molecule is NC(OC(=O)c1cc(C(=O)NCc2ccc(F)cc2F)ccn1)c1ccc(F)cc1F. The summed E-state index contributed by atoms with van der Waals surface area (Å²) in [5, 5.41) is 2.43. The number of hydrogen-bond donors (Lipinski definition) is 2. The molecule has 3 aromatic rings. The molecule has 0 saturated heterocycles. The molecule has 2 aromatic carbocycles. The van der Waals surface area contributed by atoms with Crippen molar-refractivity contribution in [1.29, 1.82) is 0 Å². The number of esters is 1. The maximum absolute atomic E-state index is 13.8. The molecule has 0 radical (unpaired) electrons.